The lowest BCUT2D eigenvalue weighted by atomic mass is 10.2. The van der Waals surface area contributed by atoms with Crippen LogP contribution in [-0.4, -0.2) is 18.0 Å². The minimum absolute atomic E-state index is 0.347. The fourth-order valence-electron chi connectivity index (χ4n) is 1.68. The number of rotatable bonds is 4. The van der Waals surface area contributed by atoms with Gasteiger partial charge in [0, 0.05) is 5.02 Å². The van der Waals surface area contributed by atoms with Crippen LogP contribution in [0.15, 0.2) is 48.5 Å². The van der Waals surface area contributed by atoms with Crippen molar-refractivity contribution in [3.8, 4) is 0 Å². The molecule has 0 heterocycles. The van der Waals surface area contributed by atoms with Crippen molar-refractivity contribution in [3.63, 3.8) is 0 Å². The third-order valence-corrected chi connectivity index (χ3v) is 3.41. The lowest BCUT2D eigenvalue weighted by Gasteiger charge is -2.14. The Morgan fingerprint density at radius 3 is 2.45 bits per heavy atom. The van der Waals surface area contributed by atoms with E-state index in [1.54, 1.807) is 42.5 Å². The second-order valence-electron chi connectivity index (χ2n) is 4.53. The van der Waals surface area contributed by atoms with Gasteiger partial charge < -0.3 is 10.1 Å². The SMILES string of the molecule is C[C@H](OC(=O)c1ccccc1)C(=O)Nc1cc(Cl)ccc1Cl. The molecule has 6 heteroatoms. The van der Waals surface area contributed by atoms with E-state index in [1.807, 2.05) is 0 Å². The van der Waals surface area contributed by atoms with E-state index in [9.17, 15) is 9.59 Å². The van der Waals surface area contributed by atoms with E-state index < -0.39 is 18.0 Å². The van der Waals surface area contributed by atoms with Crippen LogP contribution in [0.1, 0.15) is 17.3 Å². The quantitative estimate of drug-likeness (QED) is 0.851. The molecule has 0 saturated carbocycles. The van der Waals surface area contributed by atoms with Crippen LogP contribution in [0, 0.1) is 0 Å². The van der Waals surface area contributed by atoms with E-state index in [0.717, 1.165) is 0 Å². The summed E-state index contributed by atoms with van der Waals surface area (Å²) in [4.78, 5) is 23.9. The second kappa shape index (κ2) is 7.29. The molecule has 0 spiro atoms. The molecule has 114 valence electrons. The van der Waals surface area contributed by atoms with Gasteiger partial charge in [0.1, 0.15) is 0 Å². The molecule has 0 saturated heterocycles. The molecule has 2 rings (SSSR count). The largest absolute Gasteiger partial charge is 0.449 e. The Balaban J connectivity index is 2.00. The van der Waals surface area contributed by atoms with E-state index in [2.05, 4.69) is 5.32 Å². The maximum Gasteiger partial charge on any atom is 0.338 e. The number of halogens is 2. The summed E-state index contributed by atoms with van der Waals surface area (Å²) in [7, 11) is 0. The van der Waals surface area contributed by atoms with Gasteiger partial charge in [0.05, 0.1) is 16.3 Å². The zero-order valence-corrected chi connectivity index (χ0v) is 13.2. The van der Waals surface area contributed by atoms with Crippen LogP contribution in [0.5, 0.6) is 0 Å². The number of esters is 1. The normalized spacial score (nSPS) is 11.6. The molecule has 0 aromatic heterocycles. The monoisotopic (exact) mass is 337 g/mol. The molecule has 1 N–H and O–H groups in total. The van der Waals surface area contributed by atoms with Crippen molar-refractivity contribution < 1.29 is 14.3 Å². The van der Waals surface area contributed by atoms with E-state index in [1.165, 1.54) is 13.0 Å². The predicted molar refractivity (Wildman–Crippen MR) is 86.4 cm³/mol. The minimum Gasteiger partial charge on any atom is -0.449 e. The van der Waals surface area contributed by atoms with Crippen molar-refractivity contribution in [2.24, 2.45) is 0 Å². The zero-order valence-electron chi connectivity index (χ0n) is 11.7. The maximum absolute atomic E-state index is 12.1. The molecule has 4 nitrogen and oxygen atoms in total. The van der Waals surface area contributed by atoms with Gasteiger partial charge in [-0.25, -0.2) is 4.79 Å². The molecule has 0 bridgehead atoms. The molecule has 1 atom stereocenters. The highest BCUT2D eigenvalue weighted by Crippen LogP contribution is 2.25. The Labute approximate surface area is 138 Å². The molecule has 22 heavy (non-hydrogen) atoms. The van der Waals surface area contributed by atoms with Gasteiger partial charge in [0.15, 0.2) is 6.10 Å². The summed E-state index contributed by atoms with van der Waals surface area (Å²) in [6, 6.07) is 13.1. The van der Waals surface area contributed by atoms with Crippen LogP contribution in [0.2, 0.25) is 10.0 Å². The van der Waals surface area contributed by atoms with Crippen molar-refractivity contribution in [1.82, 2.24) is 0 Å². The second-order valence-corrected chi connectivity index (χ2v) is 5.37. The van der Waals surface area contributed by atoms with Crippen molar-refractivity contribution >= 4 is 40.8 Å². The molecule has 0 aliphatic rings. The van der Waals surface area contributed by atoms with Crippen molar-refractivity contribution in [3.05, 3.63) is 64.1 Å². The van der Waals surface area contributed by atoms with Crippen LogP contribution in [0.25, 0.3) is 0 Å². The standard InChI is InChI=1S/C16H13Cl2NO3/c1-10(22-16(21)11-5-3-2-4-6-11)15(20)19-14-9-12(17)7-8-13(14)18/h2-10H,1H3,(H,19,20)/t10-/m0/s1. The van der Waals surface area contributed by atoms with Crippen LogP contribution in [-0.2, 0) is 9.53 Å². The van der Waals surface area contributed by atoms with Crippen LogP contribution < -0.4 is 5.32 Å². The Kier molecular flexibility index (Phi) is 5.41. The summed E-state index contributed by atoms with van der Waals surface area (Å²) in [5, 5.41) is 3.36. The summed E-state index contributed by atoms with van der Waals surface area (Å²) < 4.78 is 5.11. The van der Waals surface area contributed by atoms with Gasteiger partial charge >= 0.3 is 5.97 Å². The van der Waals surface area contributed by atoms with Gasteiger partial charge in [0.2, 0.25) is 0 Å². The topological polar surface area (TPSA) is 55.4 Å². The maximum atomic E-state index is 12.1. The van der Waals surface area contributed by atoms with Crippen LogP contribution in [0.4, 0.5) is 5.69 Å². The molecule has 2 aromatic rings. The van der Waals surface area contributed by atoms with Gasteiger partial charge in [-0.3, -0.25) is 4.79 Å². The number of carbonyl (C=O) groups excluding carboxylic acids is 2. The molecule has 0 aliphatic heterocycles. The van der Waals surface area contributed by atoms with Crippen LogP contribution >= 0.6 is 23.2 Å². The summed E-state index contributed by atoms with van der Waals surface area (Å²) in [5.41, 5.74) is 0.740. The van der Waals surface area contributed by atoms with Crippen molar-refractivity contribution in [1.29, 1.82) is 0 Å². The van der Waals surface area contributed by atoms with E-state index in [0.29, 0.717) is 21.3 Å². The van der Waals surface area contributed by atoms with E-state index in [-0.39, 0.29) is 0 Å². The average Bonchev–Trinajstić information content (AvgIpc) is 2.51. The Morgan fingerprint density at radius 1 is 1.09 bits per heavy atom. The van der Waals surface area contributed by atoms with Crippen molar-refractivity contribution in [2.45, 2.75) is 13.0 Å². The smallest absolute Gasteiger partial charge is 0.338 e. The number of nitrogens with one attached hydrogen (secondary N) is 1. The first-order chi connectivity index (χ1) is 10.5. The van der Waals surface area contributed by atoms with E-state index >= 15 is 0 Å². The lowest BCUT2D eigenvalue weighted by Crippen LogP contribution is -2.30. The first-order valence-corrected chi connectivity index (χ1v) is 7.25. The Morgan fingerprint density at radius 2 is 1.77 bits per heavy atom. The summed E-state index contributed by atoms with van der Waals surface area (Å²) in [5.74, 6) is -1.06. The number of amides is 1. The number of carbonyl (C=O) groups is 2. The van der Waals surface area contributed by atoms with E-state index in [4.69, 9.17) is 27.9 Å². The van der Waals surface area contributed by atoms with Gasteiger partial charge in [-0.15, -0.1) is 0 Å². The lowest BCUT2D eigenvalue weighted by molar-refractivity contribution is -0.123. The molecule has 0 radical (unpaired) electrons. The summed E-state index contributed by atoms with van der Waals surface area (Å²) >= 11 is 11.8. The number of ether oxygens (including phenoxy) is 1. The number of anilines is 1. The van der Waals surface area contributed by atoms with Gasteiger partial charge in [-0.1, -0.05) is 41.4 Å². The molecular weight excluding hydrogens is 325 g/mol. The van der Waals surface area contributed by atoms with Gasteiger partial charge in [-0.2, -0.15) is 0 Å². The highest BCUT2D eigenvalue weighted by molar-refractivity contribution is 6.35. The zero-order chi connectivity index (χ0) is 16.1. The highest BCUT2D eigenvalue weighted by Gasteiger charge is 2.19. The minimum atomic E-state index is -0.970. The average molecular weight is 338 g/mol. The van der Waals surface area contributed by atoms with Crippen LogP contribution in [0.3, 0.4) is 0 Å². The molecule has 0 unspecified atom stereocenters. The third kappa shape index (κ3) is 4.23. The Hall–Kier alpha value is -2.04. The number of hydrogen-bond donors (Lipinski definition) is 1. The summed E-state index contributed by atoms with van der Waals surface area (Å²) in [6.45, 7) is 1.48. The number of benzene rings is 2. The van der Waals surface area contributed by atoms with Gasteiger partial charge in [0.25, 0.3) is 5.91 Å². The molecule has 0 aliphatic carbocycles. The predicted octanol–water partition coefficient (Wildman–Crippen LogP) is 4.18. The molecule has 2 aromatic carbocycles. The fourth-order valence-corrected chi connectivity index (χ4v) is 2.02. The molecular formula is C16H13Cl2NO3. The fraction of sp³-hybridized carbons (Fsp3) is 0.125. The van der Waals surface area contributed by atoms with Crippen molar-refractivity contribution in [2.75, 3.05) is 5.32 Å². The molecule has 0 fully saturated rings. The first kappa shape index (κ1) is 16.3. The summed E-state index contributed by atoms with van der Waals surface area (Å²) in [6.07, 6.45) is -0.970. The first-order valence-electron chi connectivity index (χ1n) is 6.49. The molecule has 1 amide bonds. The highest BCUT2D eigenvalue weighted by atomic mass is 35.5. The number of hydrogen-bond acceptors (Lipinski definition) is 3. The Bertz CT molecular complexity index is 689. The van der Waals surface area contributed by atoms with Gasteiger partial charge in [-0.05, 0) is 37.3 Å². The third-order valence-electron chi connectivity index (χ3n) is 2.85.